The first kappa shape index (κ1) is 15.6. The fraction of sp³-hybridized carbons (Fsp3) is 0.786. The topological polar surface area (TPSA) is 98.7 Å². The molecule has 2 heterocycles. The number of fused-ring (bicyclic) bond motifs is 1. The smallest absolute Gasteiger partial charge is 0.326 e. The van der Waals surface area contributed by atoms with Crippen molar-refractivity contribution in [3.05, 3.63) is 0 Å². The summed E-state index contributed by atoms with van der Waals surface area (Å²) in [6.07, 6.45) is 2.22. The lowest BCUT2D eigenvalue weighted by Gasteiger charge is -2.36. The third-order valence-electron chi connectivity index (χ3n) is 4.62. The molecule has 118 valence electrons. The van der Waals surface area contributed by atoms with Crippen LogP contribution in [0, 0.1) is 11.8 Å². The molecule has 7 heteroatoms. The Bertz CT molecular complexity index is 440. The van der Waals surface area contributed by atoms with Gasteiger partial charge in [0.15, 0.2) is 0 Å². The Hall–Kier alpha value is -1.79. The number of carboxylic acids is 1. The molecule has 4 atom stereocenters. The second-order valence-corrected chi connectivity index (χ2v) is 5.91. The van der Waals surface area contributed by atoms with Gasteiger partial charge < -0.3 is 20.6 Å². The highest BCUT2D eigenvalue weighted by Gasteiger charge is 2.43. The summed E-state index contributed by atoms with van der Waals surface area (Å²) >= 11 is 0. The molecule has 2 saturated heterocycles. The van der Waals surface area contributed by atoms with Gasteiger partial charge in [0.1, 0.15) is 6.04 Å². The van der Waals surface area contributed by atoms with E-state index >= 15 is 0 Å². The molecule has 4 unspecified atom stereocenters. The number of likely N-dealkylation sites (tertiary alicyclic amines) is 1. The molecule has 0 aromatic carbocycles. The largest absolute Gasteiger partial charge is 0.480 e. The van der Waals surface area contributed by atoms with Crippen LogP contribution < -0.4 is 10.6 Å². The molecule has 2 rings (SSSR count). The van der Waals surface area contributed by atoms with Crippen LogP contribution in [0.25, 0.3) is 0 Å². The van der Waals surface area contributed by atoms with Gasteiger partial charge in [-0.05, 0) is 18.8 Å². The summed E-state index contributed by atoms with van der Waals surface area (Å²) in [5.74, 6) is -1.33. The highest BCUT2D eigenvalue weighted by atomic mass is 16.4. The van der Waals surface area contributed by atoms with Crippen LogP contribution in [0.5, 0.6) is 0 Å². The fourth-order valence-electron chi connectivity index (χ4n) is 3.10. The van der Waals surface area contributed by atoms with Gasteiger partial charge in [-0.3, -0.25) is 4.79 Å². The van der Waals surface area contributed by atoms with Crippen LogP contribution in [0.3, 0.4) is 0 Å². The van der Waals surface area contributed by atoms with Gasteiger partial charge in [0.2, 0.25) is 5.91 Å². The number of carbonyl (C=O) groups excluding carboxylic acids is 2. The predicted molar refractivity (Wildman–Crippen MR) is 75.6 cm³/mol. The highest BCUT2D eigenvalue weighted by molar-refractivity contribution is 5.86. The molecule has 0 radical (unpaired) electrons. The average molecular weight is 297 g/mol. The minimum absolute atomic E-state index is 0.00536. The molecule has 7 nitrogen and oxygen atoms in total. The molecule has 0 aromatic heterocycles. The zero-order chi connectivity index (χ0) is 15.6. The maximum Gasteiger partial charge on any atom is 0.326 e. The van der Waals surface area contributed by atoms with Crippen molar-refractivity contribution in [2.24, 2.45) is 11.8 Å². The van der Waals surface area contributed by atoms with Gasteiger partial charge in [-0.25, -0.2) is 9.59 Å². The van der Waals surface area contributed by atoms with Crippen LogP contribution in [0.4, 0.5) is 4.79 Å². The van der Waals surface area contributed by atoms with Gasteiger partial charge >= 0.3 is 12.0 Å². The summed E-state index contributed by atoms with van der Waals surface area (Å²) in [5, 5.41) is 14.6. The van der Waals surface area contributed by atoms with Gasteiger partial charge in [-0.15, -0.1) is 0 Å². The maximum absolute atomic E-state index is 12.4. The zero-order valence-corrected chi connectivity index (χ0v) is 12.5. The van der Waals surface area contributed by atoms with Crippen LogP contribution in [0.1, 0.15) is 33.1 Å². The Balaban J connectivity index is 2.05. The summed E-state index contributed by atoms with van der Waals surface area (Å²) in [5.41, 5.74) is 0. The van der Waals surface area contributed by atoms with E-state index in [2.05, 4.69) is 10.6 Å². The first-order valence-electron chi connectivity index (χ1n) is 7.53. The molecule has 0 aliphatic carbocycles. The first-order valence-corrected chi connectivity index (χ1v) is 7.53. The van der Waals surface area contributed by atoms with E-state index in [1.807, 2.05) is 6.92 Å². The molecule has 0 spiro atoms. The van der Waals surface area contributed by atoms with E-state index in [-0.39, 0.29) is 29.8 Å². The van der Waals surface area contributed by atoms with Crippen molar-refractivity contribution in [3.63, 3.8) is 0 Å². The summed E-state index contributed by atoms with van der Waals surface area (Å²) in [4.78, 5) is 37.0. The lowest BCUT2D eigenvalue weighted by molar-refractivity contribution is -0.140. The number of rotatable bonds is 4. The summed E-state index contributed by atoms with van der Waals surface area (Å²) in [6.45, 7) is 4.72. The monoisotopic (exact) mass is 297 g/mol. The van der Waals surface area contributed by atoms with Gasteiger partial charge in [-0.2, -0.15) is 0 Å². The quantitative estimate of drug-likeness (QED) is 0.699. The van der Waals surface area contributed by atoms with Crippen LogP contribution >= 0.6 is 0 Å². The number of hydrogen-bond acceptors (Lipinski definition) is 3. The number of carbonyl (C=O) groups is 3. The number of piperidine rings is 1. The number of aliphatic carboxylic acids is 1. The van der Waals surface area contributed by atoms with Crippen LogP contribution in [0.15, 0.2) is 0 Å². The van der Waals surface area contributed by atoms with E-state index in [0.717, 1.165) is 12.8 Å². The molecular formula is C14H23N3O4. The number of carboxylic acid groups (broad SMARTS) is 1. The second kappa shape index (κ2) is 6.32. The number of hydrogen-bond donors (Lipinski definition) is 3. The highest BCUT2D eigenvalue weighted by Crippen LogP contribution is 2.27. The average Bonchev–Trinajstić information content (AvgIpc) is 2.85. The lowest BCUT2D eigenvalue weighted by atomic mass is 9.91. The number of nitrogens with one attached hydrogen (secondary N) is 2. The summed E-state index contributed by atoms with van der Waals surface area (Å²) in [6, 6.07) is -1.43. The molecule has 2 fully saturated rings. The molecule has 2 aliphatic heterocycles. The fourth-order valence-corrected chi connectivity index (χ4v) is 3.10. The second-order valence-electron chi connectivity index (χ2n) is 5.91. The van der Waals surface area contributed by atoms with Crippen molar-refractivity contribution in [2.45, 2.75) is 45.2 Å². The third kappa shape index (κ3) is 3.11. The predicted octanol–water partition coefficient (Wildman–Crippen LogP) is 0.406. The van der Waals surface area contributed by atoms with Crippen molar-refractivity contribution >= 4 is 17.9 Å². The Morgan fingerprint density at radius 3 is 2.86 bits per heavy atom. The Kier molecular flexibility index (Phi) is 4.69. The molecule has 0 saturated carbocycles. The summed E-state index contributed by atoms with van der Waals surface area (Å²) < 4.78 is 0. The molecule has 0 aromatic rings. The van der Waals surface area contributed by atoms with Gasteiger partial charge in [0.05, 0.1) is 12.0 Å². The number of urea groups is 1. The molecule has 2 aliphatic rings. The third-order valence-corrected chi connectivity index (χ3v) is 4.62. The Labute approximate surface area is 124 Å². The van der Waals surface area contributed by atoms with Crippen molar-refractivity contribution < 1.29 is 19.5 Å². The van der Waals surface area contributed by atoms with E-state index in [9.17, 15) is 19.5 Å². The van der Waals surface area contributed by atoms with E-state index in [1.54, 1.807) is 11.8 Å². The zero-order valence-electron chi connectivity index (χ0n) is 12.5. The minimum atomic E-state index is -1.02. The van der Waals surface area contributed by atoms with Crippen LogP contribution in [0.2, 0.25) is 0 Å². The molecule has 3 amide bonds. The van der Waals surface area contributed by atoms with Crippen molar-refractivity contribution in [1.29, 1.82) is 0 Å². The van der Waals surface area contributed by atoms with Crippen LogP contribution in [-0.4, -0.2) is 53.1 Å². The van der Waals surface area contributed by atoms with E-state index in [0.29, 0.717) is 19.5 Å². The lowest BCUT2D eigenvalue weighted by Crippen LogP contribution is -2.56. The minimum Gasteiger partial charge on any atom is -0.480 e. The van der Waals surface area contributed by atoms with Gasteiger partial charge in [0.25, 0.3) is 0 Å². The first-order chi connectivity index (χ1) is 9.95. The Morgan fingerprint density at radius 2 is 2.24 bits per heavy atom. The molecule has 3 N–H and O–H groups in total. The number of nitrogens with zero attached hydrogens (tertiary/aromatic N) is 1. The Morgan fingerprint density at radius 1 is 1.52 bits per heavy atom. The van der Waals surface area contributed by atoms with Crippen LogP contribution in [-0.2, 0) is 9.59 Å². The van der Waals surface area contributed by atoms with Gasteiger partial charge in [-0.1, -0.05) is 20.3 Å². The van der Waals surface area contributed by atoms with Crippen molar-refractivity contribution in [1.82, 2.24) is 15.5 Å². The van der Waals surface area contributed by atoms with Crippen molar-refractivity contribution in [3.8, 4) is 0 Å². The summed E-state index contributed by atoms with van der Waals surface area (Å²) in [7, 11) is 0. The number of amides is 3. The van der Waals surface area contributed by atoms with Crippen molar-refractivity contribution in [2.75, 3.05) is 13.1 Å². The SMILES string of the molecule is CCC(C)C(NC(=O)N1CCCC2C(=O)NCC21)C(=O)O. The van der Waals surface area contributed by atoms with E-state index in [4.69, 9.17) is 0 Å². The van der Waals surface area contributed by atoms with E-state index in [1.165, 1.54) is 0 Å². The normalized spacial score (nSPS) is 27.5. The molecular weight excluding hydrogens is 274 g/mol. The molecule has 21 heavy (non-hydrogen) atoms. The standard InChI is InChI=1S/C14H23N3O4/c1-3-8(2)11(13(19)20)16-14(21)17-6-4-5-9-10(17)7-15-12(9)18/h8-11H,3-7H2,1-2H3,(H,15,18)(H,16,21)(H,19,20). The molecule has 0 bridgehead atoms. The van der Waals surface area contributed by atoms with Gasteiger partial charge in [0, 0.05) is 13.1 Å². The maximum atomic E-state index is 12.4. The van der Waals surface area contributed by atoms with E-state index < -0.39 is 12.0 Å².